The molecular weight excluding hydrogens is 264 g/mol. The Hall–Kier alpha value is -1.35. The zero-order valence-electron chi connectivity index (χ0n) is 14.1. The van der Waals surface area contributed by atoms with Crippen LogP contribution in [-0.4, -0.2) is 22.3 Å². The number of carbonyl (C=O) groups is 1. The summed E-state index contributed by atoms with van der Waals surface area (Å²) >= 11 is 0. The number of benzene rings is 1. The number of carboxylic acids is 1. The lowest BCUT2D eigenvalue weighted by Crippen LogP contribution is -2.50. The minimum absolute atomic E-state index is 0.140. The molecule has 0 spiro atoms. The van der Waals surface area contributed by atoms with Gasteiger partial charge in [0.1, 0.15) is 0 Å². The van der Waals surface area contributed by atoms with Gasteiger partial charge in [-0.05, 0) is 38.2 Å². The second-order valence-electron chi connectivity index (χ2n) is 7.91. The van der Waals surface area contributed by atoms with Crippen molar-refractivity contribution in [3.63, 3.8) is 0 Å². The van der Waals surface area contributed by atoms with Crippen LogP contribution in [0.5, 0.6) is 0 Å². The number of hydrogen-bond donors (Lipinski definition) is 1. The quantitative estimate of drug-likeness (QED) is 0.880. The number of carboxylic acid groups (broad SMARTS) is 1. The van der Waals surface area contributed by atoms with Crippen molar-refractivity contribution in [2.24, 2.45) is 5.41 Å². The van der Waals surface area contributed by atoms with Crippen molar-refractivity contribution in [1.82, 2.24) is 0 Å². The number of rotatable bonds is 5. The van der Waals surface area contributed by atoms with Crippen molar-refractivity contribution < 1.29 is 14.6 Å². The lowest BCUT2D eigenvalue weighted by atomic mass is 9.78. The number of ether oxygens (including phenoxy) is 1. The van der Waals surface area contributed by atoms with Gasteiger partial charge < -0.3 is 9.84 Å². The SMILES string of the molecule is CC(C)(C)CC(Cc1ccccc1)(OC(C)(C)C)C(=O)O. The Morgan fingerprint density at radius 3 is 1.95 bits per heavy atom. The largest absolute Gasteiger partial charge is 0.479 e. The Morgan fingerprint density at radius 2 is 1.57 bits per heavy atom. The normalized spacial score (nSPS) is 15.5. The molecule has 0 aliphatic heterocycles. The molecule has 1 aromatic rings. The van der Waals surface area contributed by atoms with E-state index in [0.29, 0.717) is 12.8 Å². The maximum absolute atomic E-state index is 12.1. The molecule has 1 N–H and O–H groups in total. The molecular formula is C18H28O3. The van der Waals surface area contributed by atoms with Gasteiger partial charge in [0.2, 0.25) is 0 Å². The van der Waals surface area contributed by atoms with Crippen LogP contribution in [0.4, 0.5) is 0 Å². The molecule has 0 heterocycles. The van der Waals surface area contributed by atoms with Gasteiger partial charge in [0, 0.05) is 6.42 Å². The molecule has 0 aliphatic carbocycles. The summed E-state index contributed by atoms with van der Waals surface area (Å²) < 4.78 is 6.07. The lowest BCUT2D eigenvalue weighted by Gasteiger charge is -2.40. The van der Waals surface area contributed by atoms with Gasteiger partial charge in [-0.2, -0.15) is 0 Å². The molecule has 1 rings (SSSR count). The Kier molecular flexibility index (Phi) is 5.21. The summed E-state index contributed by atoms with van der Waals surface area (Å²) in [6.07, 6.45) is 0.833. The molecule has 1 atom stereocenters. The molecule has 0 aromatic heterocycles. The summed E-state index contributed by atoms with van der Waals surface area (Å²) in [7, 11) is 0. The van der Waals surface area contributed by atoms with Gasteiger partial charge in [-0.15, -0.1) is 0 Å². The van der Waals surface area contributed by atoms with Gasteiger partial charge >= 0.3 is 5.97 Å². The van der Waals surface area contributed by atoms with Gasteiger partial charge in [0.05, 0.1) is 5.60 Å². The smallest absolute Gasteiger partial charge is 0.336 e. The molecule has 0 radical (unpaired) electrons. The molecule has 21 heavy (non-hydrogen) atoms. The highest BCUT2D eigenvalue weighted by Gasteiger charge is 2.45. The molecule has 0 saturated carbocycles. The van der Waals surface area contributed by atoms with E-state index in [0.717, 1.165) is 5.56 Å². The second kappa shape index (κ2) is 6.18. The highest BCUT2D eigenvalue weighted by atomic mass is 16.5. The van der Waals surface area contributed by atoms with E-state index >= 15 is 0 Å². The predicted octanol–water partition coefficient (Wildman–Crippen LogP) is 4.30. The van der Waals surface area contributed by atoms with Crippen molar-refractivity contribution in [1.29, 1.82) is 0 Å². The average Bonchev–Trinajstić information content (AvgIpc) is 2.25. The Labute approximate surface area is 128 Å². The third-order valence-corrected chi connectivity index (χ3v) is 3.04. The zero-order chi connectivity index (χ0) is 16.3. The van der Waals surface area contributed by atoms with E-state index in [4.69, 9.17) is 4.74 Å². The van der Waals surface area contributed by atoms with Crippen LogP contribution < -0.4 is 0 Å². The van der Waals surface area contributed by atoms with E-state index in [2.05, 4.69) is 0 Å². The van der Waals surface area contributed by atoms with E-state index in [1.807, 2.05) is 71.9 Å². The van der Waals surface area contributed by atoms with Crippen molar-refractivity contribution in [3.8, 4) is 0 Å². The fourth-order valence-corrected chi connectivity index (χ4v) is 2.70. The third kappa shape index (κ3) is 5.88. The van der Waals surface area contributed by atoms with Gasteiger partial charge in [0.15, 0.2) is 5.60 Å². The number of aliphatic carboxylic acids is 1. The highest BCUT2D eigenvalue weighted by molar-refractivity contribution is 5.78. The van der Waals surface area contributed by atoms with Crippen LogP contribution in [0.3, 0.4) is 0 Å². The van der Waals surface area contributed by atoms with Crippen LogP contribution in [0.1, 0.15) is 53.5 Å². The van der Waals surface area contributed by atoms with E-state index in [1.165, 1.54) is 0 Å². The van der Waals surface area contributed by atoms with Crippen molar-refractivity contribution in [2.75, 3.05) is 0 Å². The van der Waals surface area contributed by atoms with Crippen LogP contribution in [0.2, 0.25) is 0 Å². The van der Waals surface area contributed by atoms with E-state index in [1.54, 1.807) is 0 Å². The van der Waals surface area contributed by atoms with E-state index < -0.39 is 17.2 Å². The maximum Gasteiger partial charge on any atom is 0.336 e. The Bertz CT molecular complexity index is 447. The molecule has 0 saturated heterocycles. The summed E-state index contributed by atoms with van der Waals surface area (Å²) in [6, 6.07) is 9.69. The summed E-state index contributed by atoms with van der Waals surface area (Å²) in [6.45, 7) is 11.8. The fraction of sp³-hybridized carbons (Fsp3) is 0.611. The van der Waals surface area contributed by atoms with Gasteiger partial charge in [-0.3, -0.25) is 0 Å². The molecule has 0 amide bonds. The molecule has 1 aromatic carbocycles. The van der Waals surface area contributed by atoms with Gasteiger partial charge in [0.25, 0.3) is 0 Å². The van der Waals surface area contributed by atoms with Crippen LogP contribution in [0.15, 0.2) is 30.3 Å². The molecule has 1 unspecified atom stereocenters. The van der Waals surface area contributed by atoms with Crippen molar-refractivity contribution in [2.45, 2.75) is 65.6 Å². The minimum atomic E-state index is -1.21. The Balaban J connectivity index is 3.20. The second-order valence-corrected chi connectivity index (χ2v) is 7.91. The highest BCUT2D eigenvalue weighted by Crippen LogP contribution is 2.36. The van der Waals surface area contributed by atoms with Crippen LogP contribution in [0.25, 0.3) is 0 Å². The first kappa shape index (κ1) is 17.7. The van der Waals surface area contributed by atoms with Crippen LogP contribution in [-0.2, 0) is 16.0 Å². The van der Waals surface area contributed by atoms with Gasteiger partial charge in [-0.1, -0.05) is 51.1 Å². The maximum atomic E-state index is 12.1. The van der Waals surface area contributed by atoms with Gasteiger partial charge in [-0.25, -0.2) is 4.79 Å². The summed E-state index contributed by atoms with van der Waals surface area (Å²) in [5.74, 6) is -0.892. The van der Waals surface area contributed by atoms with Crippen LogP contribution >= 0.6 is 0 Å². The average molecular weight is 292 g/mol. The predicted molar refractivity (Wildman–Crippen MR) is 85.4 cm³/mol. The summed E-state index contributed by atoms with van der Waals surface area (Å²) in [4.78, 5) is 12.1. The minimum Gasteiger partial charge on any atom is -0.479 e. The fourth-order valence-electron chi connectivity index (χ4n) is 2.70. The first-order valence-electron chi connectivity index (χ1n) is 7.41. The lowest BCUT2D eigenvalue weighted by molar-refractivity contribution is -0.191. The third-order valence-electron chi connectivity index (χ3n) is 3.04. The monoisotopic (exact) mass is 292 g/mol. The van der Waals surface area contributed by atoms with Crippen molar-refractivity contribution >= 4 is 5.97 Å². The topological polar surface area (TPSA) is 46.5 Å². The van der Waals surface area contributed by atoms with E-state index in [9.17, 15) is 9.90 Å². The Morgan fingerprint density at radius 1 is 1.05 bits per heavy atom. The van der Waals surface area contributed by atoms with Crippen molar-refractivity contribution in [3.05, 3.63) is 35.9 Å². The molecule has 118 valence electrons. The number of hydrogen-bond acceptors (Lipinski definition) is 2. The standard InChI is InChI=1S/C18H28O3/c1-16(2,3)13-18(15(19)20,21-17(4,5)6)12-14-10-8-7-9-11-14/h7-11H,12-13H2,1-6H3,(H,19,20). The van der Waals surface area contributed by atoms with E-state index in [-0.39, 0.29) is 5.41 Å². The molecule has 0 bridgehead atoms. The molecule has 0 aliphatic rings. The first-order chi connectivity index (χ1) is 9.44. The summed E-state index contributed by atoms with van der Waals surface area (Å²) in [5.41, 5.74) is -0.886. The van der Waals surface area contributed by atoms with Crippen LogP contribution in [0, 0.1) is 5.41 Å². The zero-order valence-corrected chi connectivity index (χ0v) is 14.1. The molecule has 0 fully saturated rings. The summed E-state index contributed by atoms with van der Waals surface area (Å²) in [5, 5.41) is 9.89. The first-order valence-corrected chi connectivity index (χ1v) is 7.41. The molecule has 3 nitrogen and oxygen atoms in total. The molecule has 3 heteroatoms.